The summed E-state index contributed by atoms with van der Waals surface area (Å²) in [6, 6.07) is 11.9. The summed E-state index contributed by atoms with van der Waals surface area (Å²) in [5.74, 6) is 1.67. The number of nitrogens with zero attached hydrogens (tertiary/aromatic N) is 1. The molecule has 0 atom stereocenters. The van der Waals surface area contributed by atoms with E-state index in [0.29, 0.717) is 13.2 Å². The lowest BCUT2D eigenvalue weighted by Crippen LogP contribution is -2.07. The monoisotopic (exact) mass is 268 g/mol. The van der Waals surface area contributed by atoms with Gasteiger partial charge in [0.25, 0.3) is 0 Å². The highest BCUT2D eigenvalue weighted by Gasteiger charge is 2.06. The molecule has 4 nitrogen and oxygen atoms in total. The van der Waals surface area contributed by atoms with E-state index in [1.807, 2.05) is 43.4 Å². The lowest BCUT2D eigenvalue weighted by Gasteiger charge is -2.07. The van der Waals surface area contributed by atoms with Crippen LogP contribution in [0.25, 0.3) is 10.9 Å². The molecule has 0 unspecified atom stereocenters. The van der Waals surface area contributed by atoms with E-state index in [2.05, 4.69) is 10.3 Å². The minimum atomic E-state index is 0.480. The van der Waals surface area contributed by atoms with Crippen molar-refractivity contribution in [3.05, 3.63) is 60.2 Å². The van der Waals surface area contributed by atoms with Gasteiger partial charge >= 0.3 is 0 Å². The van der Waals surface area contributed by atoms with Gasteiger partial charge < -0.3 is 14.5 Å². The zero-order chi connectivity index (χ0) is 13.8. The molecule has 102 valence electrons. The van der Waals surface area contributed by atoms with Crippen LogP contribution >= 0.6 is 0 Å². The van der Waals surface area contributed by atoms with Crippen LogP contribution in [0.3, 0.4) is 0 Å². The summed E-state index contributed by atoms with van der Waals surface area (Å²) in [6.45, 7) is 1.18. The van der Waals surface area contributed by atoms with E-state index in [4.69, 9.17) is 9.15 Å². The van der Waals surface area contributed by atoms with Gasteiger partial charge in [-0.25, -0.2) is 0 Å². The van der Waals surface area contributed by atoms with Gasteiger partial charge in [-0.2, -0.15) is 0 Å². The summed E-state index contributed by atoms with van der Waals surface area (Å²) in [5.41, 5.74) is 2.02. The molecular formula is C16H16N2O2. The molecule has 1 aromatic carbocycles. The van der Waals surface area contributed by atoms with Gasteiger partial charge in [-0.05, 0) is 25.2 Å². The number of fused-ring (bicyclic) bond motifs is 1. The van der Waals surface area contributed by atoms with Gasteiger partial charge in [0.15, 0.2) is 0 Å². The number of hydrogen-bond donors (Lipinski definition) is 1. The molecule has 20 heavy (non-hydrogen) atoms. The van der Waals surface area contributed by atoms with Gasteiger partial charge in [0.1, 0.15) is 18.1 Å². The summed E-state index contributed by atoms with van der Waals surface area (Å²) in [5, 5.41) is 4.15. The topological polar surface area (TPSA) is 47.3 Å². The Morgan fingerprint density at radius 1 is 1.25 bits per heavy atom. The van der Waals surface area contributed by atoms with E-state index in [1.54, 1.807) is 12.5 Å². The number of ether oxygens (including phenoxy) is 1. The third kappa shape index (κ3) is 2.65. The maximum absolute atomic E-state index is 5.80. The van der Waals surface area contributed by atoms with Crippen molar-refractivity contribution in [3.8, 4) is 5.75 Å². The fraction of sp³-hybridized carbons (Fsp3) is 0.188. The van der Waals surface area contributed by atoms with Crippen LogP contribution in [0.5, 0.6) is 5.75 Å². The number of furan rings is 1. The Morgan fingerprint density at radius 3 is 3.05 bits per heavy atom. The van der Waals surface area contributed by atoms with Gasteiger partial charge in [0.05, 0.1) is 24.5 Å². The van der Waals surface area contributed by atoms with E-state index in [0.717, 1.165) is 28.0 Å². The highest BCUT2D eigenvalue weighted by atomic mass is 16.5. The Labute approximate surface area is 117 Å². The molecule has 0 spiro atoms. The van der Waals surface area contributed by atoms with Crippen LogP contribution in [0, 0.1) is 0 Å². The molecule has 0 aliphatic rings. The lowest BCUT2D eigenvalue weighted by molar-refractivity contribution is 0.301. The molecule has 0 amide bonds. The van der Waals surface area contributed by atoms with Crippen LogP contribution in [0.1, 0.15) is 11.3 Å². The Kier molecular flexibility index (Phi) is 3.65. The molecule has 0 aliphatic heterocycles. The number of aromatic nitrogens is 1. The van der Waals surface area contributed by atoms with Gasteiger partial charge in [0, 0.05) is 10.9 Å². The highest BCUT2D eigenvalue weighted by molar-refractivity contribution is 5.79. The molecule has 0 bridgehead atoms. The molecule has 0 fully saturated rings. The normalized spacial score (nSPS) is 10.8. The summed E-state index contributed by atoms with van der Waals surface area (Å²) in [7, 11) is 1.89. The van der Waals surface area contributed by atoms with Crippen molar-refractivity contribution in [2.45, 2.75) is 13.2 Å². The van der Waals surface area contributed by atoms with Crippen molar-refractivity contribution in [1.82, 2.24) is 10.3 Å². The molecular weight excluding hydrogens is 252 g/mol. The van der Waals surface area contributed by atoms with Gasteiger partial charge in [-0.3, -0.25) is 4.98 Å². The second kappa shape index (κ2) is 5.75. The molecule has 3 aromatic rings. The van der Waals surface area contributed by atoms with E-state index in [-0.39, 0.29) is 0 Å². The number of para-hydroxylation sites is 1. The van der Waals surface area contributed by atoms with Crippen LogP contribution in [0.15, 0.2) is 53.3 Å². The Balaban J connectivity index is 1.74. The van der Waals surface area contributed by atoms with E-state index >= 15 is 0 Å². The molecule has 0 saturated carbocycles. The van der Waals surface area contributed by atoms with Crippen molar-refractivity contribution in [3.63, 3.8) is 0 Å². The quantitative estimate of drug-likeness (QED) is 0.772. The molecule has 2 aromatic heterocycles. The van der Waals surface area contributed by atoms with Crippen LogP contribution in [0.4, 0.5) is 0 Å². The van der Waals surface area contributed by atoms with Crippen LogP contribution < -0.4 is 10.1 Å². The number of hydrogen-bond acceptors (Lipinski definition) is 4. The fourth-order valence-corrected chi connectivity index (χ4v) is 2.10. The van der Waals surface area contributed by atoms with Gasteiger partial charge in [0.2, 0.25) is 0 Å². The van der Waals surface area contributed by atoms with Crippen molar-refractivity contribution in [2.24, 2.45) is 0 Å². The Hall–Kier alpha value is -2.33. The average molecular weight is 268 g/mol. The second-order valence-electron chi connectivity index (χ2n) is 4.55. The van der Waals surface area contributed by atoms with Crippen molar-refractivity contribution >= 4 is 10.9 Å². The first-order valence-electron chi connectivity index (χ1n) is 6.54. The van der Waals surface area contributed by atoms with Crippen LogP contribution in [0.2, 0.25) is 0 Å². The maximum atomic E-state index is 5.80. The van der Waals surface area contributed by atoms with Crippen LogP contribution in [-0.4, -0.2) is 12.0 Å². The standard InChI is InChI=1S/C16H16N2O2/c1-17-10-16-13(6-7-19-16)11-20-14-8-12-4-2-3-5-15(12)18-9-14/h2-9,17H,10-11H2,1H3. The SMILES string of the molecule is CNCc1occc1COc1cnc2ccccc2c1. The first kappa shape index (κ1) is 12.7. The zero-order valence-electron chi connectivity index (χ0n) is 11.3. The predicted octanol–water partition coefficient (Wildman–Crippen LogP) is 3.13. The molecule has 4 heteroatoms. The van der Waals surface area contributed by atoms with E-state index in [9.17, 15) is 0 Å². The Bertz CT molecular complexity index is 706. The molecule has 0 radical (unpaired) electrons. The summed E-state index contributed by atoms with van der Waals surface area (Å²) in [4.78, 5) is 4.38. The maximum Gasteiger partial charge on any atom is 0.138 e. The summed E-state index contributed by atoms with van der Waals surface area (Å²) < 4.78 is 11.2. The van der Waals surface area contributed by atoms with Gasteiger partial charge in [-0.15, -0.1) is 0 Å². The molecule has 3 rings (SSSR count). The highest BCUT2D eigenvalue weighted by Crippen LogP contribution is 2.20. The molecule has 1 N–H and O–H groups in total. The number of pyridine rings is 1. The van der Waals surface area contributed by atoms with Crippen LogP contribution in [-0.2, 0) is 13.2 Å². The lowest BCUT2D eigenvalue weighted by atomic mass is 10.2. The smallest absolute Gasteiger partial charge is 0.138 e. The fourth-order valence-electron chi connectivity index (χ4n) is 2.10. The van der Waals surface area contributed by atoms with Gasteiger partial charge in [-0.1, -0.05) is 18.2 Å². The minimum Gasteiger partial charge on any atom is -0.487 e. The second-order valence-corrected chi connectivity index (χ2v) is 4.55. The first-order valence-corrected chi connectivity index (χ1v) is 6.54. The first-order chi connectivity index (χ1) is 9.86. The molecule has 0 saturated heterocycles. The summed E-state index contributed by atoms with van der Waals surface area (Å²) >= 11 is 0. The number of nitrogens with one attached hydrogen (secondary N) is 1. The Morgan fingerprint density at radius 2 is 2.15 bits per heavy atom. The molecule has 0 aliphatic carbocycles. The molecule has 2 heterocycles. The zero-order valence-corrected chi connectivity index (χ0v) is 11.3. The van der Waals surface area contributed by atoms with Crippen molar-refractivity contribution in [1.29, 1.82) is 0 Å². The average Bonchev–Trinajstić information content (AvgIpc) is 2.93. The largest absolute Gasteiger partial charge is 0.487 e. The third-order valence-corrected chi connectivity index (χ3v) is 3.13. The minimum absolute atomic E-state index is 0.480. The predicted molar refractivity (Wildman–Crippen MR) is 77.5 cm³/mol. The van der Waals surface area contributed by atoms with Crippen molar-refractivity contribution in [2.75, 3.05) is 7.05 Å². The number of benzene rings is 1. The summed E-state index contributed by atoms with van der Waals surface area (Å²) in [6.07, 6.45) is 3.43. The van der Waals surface area contributed by atoms with E-state index in [1.165, 1.54) is 0 Å². The van der Waals surface area contributed by atoms with Crippen molar-refractivity contribution < 1.29 is 9.15 Å². The number of rotatable bonds is 5. The van der Waals surface area contributed by atoms with E-state index < -0.39 is 0 Å². The third-order valence-electron chi connectivity index (χ3n) is 3.13.